The lowest BCUT2D eigenvalue weighted by atomic mass is 10.1. The highest BCUT2D eigenvalue weighted by atomic mass is 16.2. The van der Waals surface area contributed by atoms with Gasteiger partial charge in [0.25, 0.3) is 0 Å². The third-order valence-corrected chi connectivity index (χ3v) is 5.00. The van der Waals surface area contributed by atoms with Crippen LogP contribution in [0.5, 0.6) is 0 Å². The van der Waals surface area contributed by atoms with E-state index in [1.165, 1.54) is 44.3 Å². The van der Waals surface area contributed by atoms with E-state index in [9.17, 15) is 4.79 Å². The van der Waals surface area contributed by atoms with E-state index >= 15 is 0 Å². The second-order valence-electron chi connectivity index (χ2n) is 7.12. The van der Waals surface area contributed by atoms with Crippen LogP contribution in [0.3, 0.4) is 0 Å². The molecule has 0 spiro atoms. The summed E-state index contributed by atoms with van der Waals surface area (Å²) >= 11 is 0. The highest BCUT2D eigenvalue weighted by Gasteiger charge is 2.15. The molecule has 26 heavy (non-hydrogen) atoms. The fourth-order valence-electron chi connectivity index (χ4n) is 3.50. The summed E-state index contributed by atoms with van der Waals surface area (Å²) < 4.78 is 0. The van der Waals surface area contributed by atoms with E-state index in [-0.39, 0.29) is 5.91 Å². The second kappa shape index (κ2) is 9.51. The van der Waals surface area contributed by atoms with Crippen molar-refractivity contribution in [3.8, 4) is 0 Å². The highest BCUT2D eigenvalue weighted by molar-refractivity contribution is 5.82. The molecular weight excluding hydrogens is 322 g/mol. The summed E-state index contributed by atoms with van der Waals surface area (Å²) in [7, 11) is 0. The molecule has 3 rings (SSSR count). The average molecular weight is 351 g/mol. The maximum Gasteiger partial charge on any atom is 0.241 e. The van der Waals surface area contributed by atoms with Gasteiger partial charge in [-0.2, -0.15) is 0 Å². The van der Waals surface area contributed by atoms with Crippen LogP contribution in [0, 0.1) is 0 Å². The summed E-state index contributed by atoms with van der Waals surface area (Å²) in [5.41, 5.74) is 9.31. The second-order valence-corrected chi connectivity index (χ2v) is 7.12. The number of carbonyl (C=O) groups is 1. The number of rotatable bonds is 6. The molecule has 3 N–H and O–H groups in total. The van der Waals surface area contributed by atoms with Crippen LogP contribution in [-0.4, -0.2) is 23.9 Å². The van der Waals surface area contributed by atoms with Crippen molar-refractivity contribution in [3.05, 3.63) is 71.3 Å². The van der Waals surface area contributed by atoms with Crippen LogP contribution in [0.1, 0.15) is 48.4 Å². The Bertz CT molecular complexity index is 694. The molecule has 1 atom stereocenters. The van der Waals surface area contributed by atoms with Crippen LogP contribution < -0.4 is 11.1 Å². The van der Waals surface area contributed by atoms with Gasteiger partial charge in [0.2, 0.25) is 5.91 Å². The predicted octanol–water partition coefficient (Wildman–Crippen LogP) is 3.38. The zero-order valence-electron chi connectivity index (χ0n) is 15.4. The first-order valence-electron chi connectivity index (χ1n) is 9.61. The number of benzene rings is 2. The normalized spacial score (nSPS) is 16.7. The standard InChI is InChI=1S/C22H29N3O/c23-21(20-11-4-3-5-12-20)22(26)24-16-18-9-8-10-19(15-18)17-25-13-6-1-2-7-14-25/h3-5,8-12,15,21H,1-2,6-7,13-14,16-17,23H2,(H,24,26). The van der Waals surface area contributed by atoms with Gasteiger partial charge in [0.15, 0.2) is 0 Å². The first-order valence-corrected chi connectivity index (χ1v) is 9.61. The molecule has 1 heterocycles. The molecule has 1 aliphatic rings. The van der Waals surface area contributed by atoms with Gasteiger partial charge in [0.1, 0.15) is 6.04 Å². The van der Waals surface area contributed by atoms with E-state index in [0.29, 0.717) is 6.54 Å². The van der Waals surface area contributed by atoms with Crippen molar-refractivity contribution in [2.45, 2.75) is 44.8 Å². The number of carbonyl (C=O) groups excluding carboxylic acids is 1. The molecule has 1 amide bonds. The van der Waals surface area contributed by atoms with Gasteiger partial charge >= 0.3 is 0 Å². The van der Waals surface area contributed by atoms with E-state index < -0.39 is 6.04 Å². The van der Waals surface area contributed by atoms with Gasteiger partial charge in [-0.05, 0) is 42.6 Å². The molecule has 1 saturated heterocycles. The highest BCUT2D eigenvalue weighted by Crippen LogP contribution is 2.15. The predicted molar refractivity (Wildman–Crippen MR) is 105 cm³/mol. The van der Waals surface area contributed by atoms with E-state index in [2.05, 4.69) is 34.5 Å². The lowest BCUT2D eigenvalue weighted by Crippen LogP contribution is -2.33. The first-order chi connectivity index (χ1) is 12.7. The van der Waals surface area contributed by atoms with Gasteiger partial charge in [-0.3, -0.25) is 9.69 Å². The molecule has 4 nitrogen and oxygen atoms in total. The van der Waals surface area contributed by atoms with Crippen molar-refractivity contribution in [1.82, 2.24) is 10.2 Å². The van der Waals surface area contributed by atoms with Gasteiger partial charge < -0.3 is 11.1 Å². The SMILES string of the molecule is NC(C(=O)NCc1cccc(CN2CCCCCC2)c1)c1ccccc1. The topological polar surface area (TPSA) is 58.4 Å². The maximum absolute atomic E-state index is 12.3. The third-order valence-electron chi connectivity index (χ3n) is 5.00. The molecule has 2 aromatic carbocycles. The fourth-order valence-corrected chi connectivity index (χ4v) is 3.50. The molecule has 1 fully saturated rings. The van der Waals surface area contributed by atoms with Gasteiger partial charge in [-0.25, -0.2) is 0 Å². The average Bonchev–Trinajstić information content (AvgIpc) is 2.95. The van der Waals surface area contributed by atoms with Crippen molar-refractivity contribution in [2.24, 2.45) is 5.73 Å². The summed E-state index contributed by atoms with van der Waals surface area (Å²) in [4.78, 5) is 14.9. The summed E-state index contributed by atoms with van der Waals surface area (Å²) in [5, 5.41) is 2.96. The lowest BCUT2D eigenvalue weighted by molar-refractivity contribution is -0.122. The Hall–Kier alpha value is -2.17. The summed E-state index contributed by atoms with van der Waals surface area (Å²) in [6.45, 7) is 3.87. The maximum atomic E-state index is 12.3. The van der Waals surface area contributed by atoms with Crippen LogP contribution in [-0.2, 0) is 17.9 Å². The van der Waals surface area contributed by atoms with Crippen LogP contribution in [0.2, 0.25) is 0 Å². The van der Waals surface area contributed by atoms with Crippen LogP contribution in [0.25, 0.3) is 0 Å². The number of nitrogens with one attached hydrogen (secondary N) is 1. The van der Waals surface area contributed by atoms with Gasteiger partial charge in [0, 0.05) is 13.1 Å². The van der Waals surface area contributed by atoms with Gasteiger partial charge in [-0.1, -0.05) is 67.4 Å². The number of hydrogen-bond acceptors (Lipinski definition) is 3. The molecular formula is C22H29N3O. The number of hydrogen-bond donors (Lipinski definition) is 2. The van der Waals surface area contributed by atoms with E-state index in [1.54, 1.807) is 0 Å². The molecule has 1 aliphatic heterocycles. The minimum atomic E-state index is -0.628. The van der Waals surface area contributed by atoms with Crippen LogP contribution in [0.4, 0.5) is 0 Å². The smallest absolute Gasteiger partial charge is 0.241 e. The molecule has 0 saturated carbocycles. The summed E-state index contributed by atoms with van der Waals surface area (Å²) in [6, 6.07) is 17.3. The Morgan fingerprint density at radius 3 is 2.38 bits per heavy atom. The van der Waals surface area contributed by atoms with Crippen molar-refractivity contribution >= 4 is 5.91 Å². The summed E-state index contributed by atoms with van der Waals surface area (Å²) in [5.74, 6) is -0.144. The molecule has 1 unspecified atom stereocenters. The Balaban J connectivity index is 1.54. The number of likely N-dealkylation sites (tertiary alicyclic amines) is 1. The Kier molecular flexibility index (Phi) is 6.81. The zero-order chi connectivity index (χ0) is 18.2. The molecule has 0 aliphatic carbocycles. The molecule has 2 aromatic rings. The third kappa shape index (κ3) is 5.41. The number of nitrogens with two attached hydrogens (primary N) is 1. The lowest BCUT2D eigenvalue weighted by Gasteiger charge is -2.20. The van der Waals surface area contributed by atoms with E-state index in [4.69, 9.17) is 5.73 Å². The minimum absolute atomic E-state index is 0.144. The van der Waals surface area contributed by atoms with Crippen molar-refractivity contribution in [3.63, 3.8) is 0 Å². The molecule has 0 aromatic heterocycles. The van der Waals surface area contributed by atoms with Gasteiger partial charge in [-0.15, -0.1) is 0 Å². The van der Waals surface area contributed by atoms with Crippen molar-refractivity contribution < 1.29 is 4.79 Å². The van der Waals surface area contributed by atoms with Crippen LogP contribution >= 0.6 is 0 Å². The minimum Gasteiger partial charge on any atom is -0.350 e. The largest absolute Gasteiger partial charge is 0.350 e. The summed E-state index contributed by atoms with van der Waals surface area (Å²) in [6.07, 6.45) is 5.30. The van der Waals surface area contributed by atoms with Crippen molar-refractivity contribution in [1.29, 1.82) is 0 Å². The van der Waals surface area contributed by atoms with E-state index in [0.717, 1.165) is 17.7 Å². The number of amides is 1. The monoisotopic (exact) mass is 351 g/mol. The Labute approximate surface area is 156 Å². The number of nitrogens with zero attached hydrogens (tertiary/aromatic N) is 1. The van der Waals surface area contributed by atoms with Gasteiger partial charge in [0.05, 0.1) is 0 Å². The Morgan fingerprint density at radius 2 is 1.65 bits per heavy atom. The molecule has 138 valence electrons. The Morgan fingerprint density at radius 1 is 0.962 bits per heavy atom. The van der Waals surface area contributed by atoms with Crippen LogP contribution in [0.15, 0.2) is 54.6 Å². The van der Waals surface area contributed by atoms with E-state index in [1.807, 2.05) is 30.3 Å². The molecule has 0 bridgehead atoms. The quantitative estimate of drug-likeness (QED) is 0.839. The molecule has 0 radical (unpaired) electrons. The fraction of sp³-hybridized carbons (Fsp3) is 0.409. The molecule has 4 heteroatoms. The van der Waals surface area contributed by atoms with Crippen molar-refractivity contribution in [2.75, 3.05) is 13.1 Å². The zero-order valence-corrected chi connectivity index (χ0v) is 15.4. The first kappa shape index (κ1) is 18.6.